The lowest BCUT2D eigenvalue weighted by Crippen LogP contribution is -2.03. The summed E-state index contributed by atoms with van der Waals surface area (Å²) in [6, 6.07) is 7.95. The van der Waals surface area contributed by atoms with E-state index < -0.39 is 0 Å². The summed E-state index contributed by atoms with van der Waals surface area (Å²) in [5.41, 5.74) is 1.21. The van der Waals surface area contributed by atoms with Gasteiger partial charge in [0.1, 0.15) is 0 Å². The predicted octanol–water partition coefficient (Wildman–Crippen LogP) is 2.25. The molecule has 1 aliphatic rings. The highest BCUT2D eigenvalue weighted by Crippen LogP contribution is 2.48. The zero-order chi connectivity index (χ0) is 10.1. The Labute approximate surface area is 88.7 Å². The quantitative estimate of drug-likeness (QED) is 0.596. The van der Waals surface area contributed by atoms with Crippen molar-refractivity contribution < 1.29 is 9.53 Å². The molecule has 0 radical (unpaired) electrons. The number of esters is 1. The van der Waals surface area contributed by atoms with Crippen LogP contribution in [0.2, 0.25) is 0 Å². The van der Waals surface area contributed by atoms with Gasteiger partial charge in [-0.25, -0.2) is 0 Å². The first-order valence-electron chi connectivity index (χ1n) is 4.59. The molecular formula is C11H12O2S. The Morgan fingerprint density at radius 2 is 2.07 bits per heavy atom. The van der Waals surface area contributed by atoms with E-state index in [0.717, 1.165) is 11.3 Å². The lowest BCUT2D eigenvalue weighted by Gasteiger charge is -1.99. The zero-order valence-electron chi connectivity index (χ0n) is 7.93. The molecule has 0 saturated heterocycles. The minimum Gasteiger partial charge on any atom is -0.469 e. The first kappa shape index (κ1) is 9.59. The van der Waals surface area contributed by atoms with Crippen molar-refractivity contribution in [1.82, 2.24) is 0 Å². The average Bonchev–Trinajstić information content (AvgIpc) is 2.98. The monoisotopic (exact) mass is 208 g/mol. The molecule has 1 saturated carbocycles. The number of rotatable bonds is 2. The van der Waals surface area contributed by atoms with E-state index in [1.807, 2.05) is 24.3 Å². The van der Waals surface area contributed by atoms with Gasteiger partial charge in [-0.2, -0.15) is 0 Å². The summed E-state index contributed by atoms with van der Waals surface area (Å²) < 4.78 is 4.70. The van der Waals surface area contributed by atoms with Gasteiger partial charge in [-0.1, -0.05) is 12.1 Å². The number of carbonyl (C=O) groups excluding carboxylic acids is 1. The number of carbonyl (C=O) groups is 1. The molecular weight excluding hydrogens is 196 g/mol. The van der Waals surface area contributed by atoms with Gasteiger partial charge in [0.15, 0.2) is 0 Å². The molecule has 2 nitrogen and oxygen atoms in total. The van der Waals surface area contributed by atoms with Crippen molar-refractivity contribution in [3.05, 3.63) is 29.8 Å². The van der Waals surface area contributed by atoms with Crippen LogP contribution in [0.3, 0.4) is 0 Å². The predicted molar refractivity (Wildman–Crippen MR) is 56.6 cm³/mol. The van der Waals surface area contributed by atoms with Gasteiger partial charge in [-0.15, -0.1) is 12.6 Å². The number of benzene rings is 1. The first-order chi connectivity index (χ1) is 6.72. The molecule has 3 heteroatoms. The summed E-state index contributed by atoms with van der Waals surface area (Å²) in [6.07, 6.45) is 0.915. The van der Waals surface area contributed by atoms with Crippen molar-refractivity contribution in [3.8, 4) is 0 Å². The number of ether oxygens (including phenoxy) is 1. The van der Waals surface area contributed by atoms with Gasteiger partial charge >= 0.3 is 5.97 Å². The van der Waals surface area contributed by atoms with Crippen LogP contribution in [-0.2, 0) is 9.53 Å². The molecule has 0 amide bonds. The third-order valence-corrected chi connectivity index (χ3v) is 2.91. The van der Waals surface area contributed by atoms with Gasteiger partial charge in [0.2, 0.25) is 0 Å². The Morgan fingerprint density at radius 1 is 1.43 bits per heavy atom. The fourth-order valence-corrected chi connectivity index (χ4v) is 1.85. The minimum atomic E-state index is -0.0926. The second kappa shape index (κ2) is 3.65. The van der Waals surface area contributed by atoms with Crippen molar-refractivity contribution in [3.63, 3.8) is 0 Å². The van der Waals surface area contributed by atoms with Crippen LogP contribution in [0.25, 0.3) is 0 Å². The van der Waals surface area contributed by atoms with Crippen molar-refractivity contribution in [2.45, 2.75) is 17.2 Å². The molecule has 14 heavy (non-hydrogen) atoms. The van der Waals surface area contributed by atoms with Gasteiger partial charge in [0.25, 0.3) is 0 Å². The fraction of sp³-hybridized carbons (Fsp3) is 0.364. The van der Waals surface area contributed by atoms with E-state index >= 15 is 0 Å². The van der Waals surface area contributed by atoms with Gasteiger partial charge in [-0.3, -0.25) is 4.79 Å². The van der Waals surface area contributed by atoms with Crippen LogP contribution in [0.5, 0.6) is 0 Å². The van der Waals surface area contributed by atoms with Crippen LogP contribution in [0.1, 0.15) is 17.9 Å². The van der Waals surface area contributed by atoms with Crippen molar-refractivity contribution in [2.75, 3.05) is 7.11 Å². The van der Waals surface area contributed by atoms with Crippen LogP contribution in [0.15, 0.2) is 29.2 Å². The van der Waals surface area contributed by atoms with E-state index in [9.17, 15) is 4.79 Å². The highest BCUT2D eigenvalue weighted by Gasteiger charge is 2.44. The van der Waals surface area contributed by atoms with E-state index in [1.165, 1.54) is 12.7 Å². The fourth-order valence-electron chi connectivity index (χ4n) is 1.70. The molecule has 1 aromatic carbocycles. The standard InChI is InChI=1S/C11H12O2S/c1-13-11(12)10-6-9(10)7-2-4-8(14)5-3-7/h2-5,9-10,14H,6H2,1H3. The molecule has 2 unspecified atom stereocenters. The Balaban J connectivity index is 2.06. The summed E-state index contributed by atoms with van der Waals surface area (Å²) in [5, 5.41) is 0. The van der Waals surface area contributed by atoms with E-state index in [0.29, 0.717) is 5.92 Å². The van der Waals surface area contributed by atoms with Crippen molar-refractivity contribution in [2.24, 2.45) is 5.92 Å². The first-order valence-corrected chi connectivity index (χ1v) is 5.04. The third kappa shape index (κ3) is 1.77. The molecule has 1 fully saturated rings. The summed E-state index contributed by atoms with van der Waals surface area (Å²) in [6.45, 7) is 0. The SMILES string of the molecule is COC(=O)C1CC1c1ccc(S)cc1. The molecule has 2 rings (SSSR count). The largest absolute Gasteiger partial charge is 0.469 e. The van der Waals surface area contributed by atoms with Crippen LogP contribution >= 0.6 is 12.6 Å². The highest BCUT2D eigenvalue weighted by atomic mass is 32.1. The second-order valence-corrected chi connectivity index (χ2v) is 4.08. The zero-order valence-corrected chi connectivity index (χ0v) is 8.83. The molecule has 0 aromatic heterocycles. The molecule has 1 aliphatic carbocycles. The number of methoxy groups -OCH3 is 1. The lowest BCUT2D eigenvalue weighted by atomic mass is 10.1. The Hall–Kier alpha value is -0.960. The lowest BCUT2D eigenvalue weighted by molar-refractivity contribution is -0.142. The molecule has 0 aliphatic heterocycles. The summed E-state index contributed by atoms with van der Waals surface area (Å²) in [4.78, 5) is 12.1. The van der Waals surface area contributed by atoms with E-state index in [4.69, 9.17) is 4.74 Å². The highest BCUT2D eigenvalue weighted by molar-refractivity contribution is 7.80. The van der Waals surface area contributed by atoms with Crippen LogP contribution < -0.4 is 0 Å². The molecule has 0 N–H and O–H groups in total. The molecule has 74 valence electrons. The maximum absolute atomic E-state index is 11.2. The van der Waals surface area contributed by atoms with Gasteiger partial charge in [-0.05, 0) is 30.0 Å². The summed E-state index contributed by atoms with van der Waals surface area (Å²) in [5.74, 6) is 0.340. The molecule has 2 atom stereocenters. The summed E-state index contributed by atoms with van der Waals surface area (Å²) in [7, 11) is 1.44. The van der Waals surface area contributed by atoms with E-state index in [2.05, 4.69) is 12.6 Å². The second-order valence-electron chi connectivity index (χ2n) is 3.56. The number of hydrogen-bond acceptors (Lipinski definition) is 3. The molecule has 0 spiro atoms. The molecule has 1 aromatic rings. The molecule has 0 bridgehead atoms. The Bertz CT molecular complexity index is 345. The van der Waals surface area contributed by atoms with E-state index in [-0.39, 0.29) is 11.9 Å². The normalized spacial score (nSPS) is 24.4. The number of thiol groups is 1. The average molecular weight is 208 g/mol. The summed E-state index contributed by atoms with van der Waals surface area (Å²) >= 11 is 4.21. The topological polar surface area (TPSA) is 26.3 Å². The van der Waals surface area contributed by atoms with Crippen molar-refractivity contribution >= 4 is 18.6 Å². The smallest absolute Gasteiger partial charge is 0.309 e. The third-order valence-electron chi connectivity index (χ3n) is 2.62. The van der Waals surface area contributed by atoms with Gasteiger partial charge in [0.05, 0.1) is 13.0 Å². The molecule has 0 heterocycles. The Morgan fingerprint density at radius 3 is 2.64 bits per heavy atom. The van der Waals surface area contributed by atoms with E-state index in [1.54, 1.807) is 0 Å². The minimum absolute atomic E-state index is 0.0748. The Kier molecular flexibility index (Phi) is 2.50. The van der Waals surface area contributed by atoms with Crippen molar-refractivity contribution in [1.29, 1.82) is 0 Å². The van der Waals surface area contributed by atoms with Crippen LogP contribution in [0, 0.1) is 5.92 Å². The van der Waals surface area contributed by atoms with Gasteiger partial charge in [0, 0.05) is 4.90 Å². The van der Waals surface area contributed by atoms with Crippen LogP contribution in [-0.4, -0.2) is 13.1 Å². The number of hydrogen-bond donors (Lipinski definition) is 1. The maximum atomic E-state index is 11.2. The van der Waals surface area contributed by atoms with Crippen LogP contribution in [0.4, 0.5) is 0 Å². The van der Waals surface area contributed by atoms with Gasteiger partial charge < -0.3 is 4.74 Å². The maximum Gasteiger partial charge on any atom is 0.309 e.